The lowest BCUT2D eigenvalue weighted by molar-refractivity contribution is 0.416. The first-order chi connectivity index (χ1) is 9.40. The molecule has 0 amide bonds. The maximum absolute atomic E-state index is 5.39. The van der Waals surface area contributed by atoms with Crippen LogP contribution in [0, 0.1) is 6.92 Å². The largest absolute Gasteiger partial charge is 0.495 e. The molecule has 0 aliphatic rings. The summed E-state index contributed by atoms with van der Waals surface area (Å²) in [4.78, 5) is 2.77. The van der Waals surface area contributed by atoms with Gasteiger partial charge in [0.15, 0.2) is 0 Å². The first-order valence-electron chi connectivity index (χ1n) is 6.88. The zero-order valence-electron chi connectivity index (χ0n) is 12.9. The van der Waals surface area contributed by atoms with E-state index in [1.807, 2.05) is 17.4 Å². The van der Waals surface area contributed by atoms with Crippen molar-refractivity contribution < 1.29 is 4.74 Å². The van der Waals surface area contributed by atoms with E-state index in [4.69, 9.17) is 4.74 Å². The fraction of sp³-hybridized carbons (Fsp3) is 0.412. The van der Waals surface area contributed by atoms with E-state index in [-0.39, 0.29) is 5.41 Å². The van der Waals surface area contributed by atoms with Crippen molar-refractivity contribution in [2.24, 2.45) is 0 Å². The number of nitrogens with one attached hydrogen (secondary N) is 1. The number of methoxy groups -OCH3 is 1. The average Bonchev–Trinajstić information content (AvgIpc) is 2.85. The Hall–Kier alpha value is -1.48. The number of hydrogen-bond donors (Lipinski definition) is 1. The van der Waals surface area contributed by atoms with Crippen LogP contribution in [0.5, 0.6) is 5.75 Å². The van der Waals surface area contributed by atoms with Crippen molar-refractivity contribution in [2.45, 2.75) is 39.7 Å². The van der Waals surface area contributed by atoms with Crippen LogP contribution in [-0.4, -0.2) is 7.11 Å². The van der Waals surface area contributed by atoms with E-state index in [0.717, 1.165) is 18.0 Å². The standard InChI is InChI=1S/C17H23NOS/c1-12-6-8-15(19-5)14(10-12)18-11-13-7-9-16(20-13)17(2,3)4/h6-10,18H,11H2,1-5H3. The molecule has 2 nitrogen and oxygen atoms in total. The fourth-order valence-electron chi connectivity index (χ4n) is 2.02. The Labute approximate surface area is 125 Å². The molecule has 20 heavy (non-hydrogen) atoms. The molecule has 0 aliphatic carbocycles. The van der Waals surface area contributed by atoms with Gasteiger partial charge in [0.05, 0.1) is 12.8 Å². The van der Waals surface area contributed by atoms with Crippen molar-refractivity contribution >= 4 is 17.0 Å². The van der Waals surface area contributed by atoms with Gasteiger partial charge in [0.25, 0.3) is 0 Å². The molecule has 0 saturated heterocycles. The predicted octanol–water partition coefficient (Wildman–Crippen LogP) is 4.97. The molecule has 1 N–H and O–H groups in total. The number of benzene rings is 1. The number of rotatable bonds is 4. The molecule has 0 saturated carbocycles. The van der Waals surface area contributed by atoms with Gasteiger partial charge in [0.2, 0.25) is 0 Å². The maximum Gasteiger partial charge on any atom is 0.141 e. The second-order valence-corrected chi connectivity index (χ2v) is 7.24. The molecule has 1 aromatic carbocycles. The highest BCUT2D eigenvalue weighted by Crippen LogP contribution is 2.31. The molecule has 2 rings (SSSR count). The zero-order valence-corrected chi connectivity index (χ0v) is 13.7. The minimum Gasteiger partial charge on any atom is -0.495 e. The Balaban J connectivity index is 2.09. The van der Waals surface area contributed by atoms with E-state index in [9.17, 15) is 0 Å². The number of anilines is 1. The molecule has 0 atom stereocenters. The van der Waals surface area contributed by atoms with Crippen LogP contribution in [0.15, 0.2) is 30.3 Å². The van der Waals surface area contributed by atoms with Crippen molar-refractivity contribution in [1.82, 2.24) is 0 Å². The van der Waals surface area contributed by atoms with Crippen LogP contribution in [0.2, 0.25) is 0 Å². The van der Waals surface area contributed by atoms with Crippen molar-refractivity contribution in [1.29, 1.82) is 0 Å². The van der Waals surface area contributed by atoms with Crippen LogP contribution in [0.25, 0.3) is 0 Å². The van der Waals surface area contributed by atoms with Crippen LogP contribution >= 0.6 is 11.3 Å². The molecule has 0 radical (unpaired) electrons. The summed E-state index contributed by atoms with van der Waals surface area (Å²) >= 11 is 1.87. The van der Waals surface area contributed by atoms with E-state index < -0.39 is 0 Å². The third-order valence-electron chi connectivity index (χ3n) is 3.21. The second kappa shape index (κ2) is 5.88. The Morgan fingerprint density at radius 3 is 2.50 bits per heavy atom. The summed E-state index contributed by atoms with van der Waals surface area (Å²) in [6.07, 6.45) is 0. The molecule has 2 aromatic rings. The summed E-state index contributed by atoms with van der Waals surface area (Å²) in [5.74, 6) is 0.892. The molecule has 3 heteroatoms. The van der Waals surface area contributed by atoms with Gasteiger partial charge in [-0.25, -0.2) is 0 Å². The van der Waals surface area contributed by atoms with E-state index >= 15 is 0 Å². The molecule has 1 heterocycles. The average molecular weight is 289 g/mol. The third-order valence-corrected chi connectivity index (χ3v) is 4.72. The van der Waals surface area contributed by atoms with Crippen LogP contribution in [0.3, 0.4) is 0 Å². The smallest absolute Gasteiger partial charge is 0.141 e. The second-order valence-electron chi connectivity index (χ2n) is 6.07. The van der Waals surface area contributed by atoms with Crippen LogP contribution in [-0.2, 0) is 12.0 Å². The van der Waals surface area contributed by atoms with Crippen LogP contribution < -0.4 is 10.1 Å². The summed E-state index contributed by atoms with van der Waals surface area (Å²) in [5, 5.41) is 3.47. The lowest BCUT2D eigenvalue weighted by Gasteiger charge is -2.15. The highest BCUT2D eigenvalue weighted by atomic mass is 32.1. The molecule has 1 aromatic heterocycles. The molecule has 0 aliphatic heterocycles. The SMILES string of the molecule is COc1ccc(C)cc1NCc1ccc(C(C)(C)C)s1. The Kier molecular flexibility index (Phi) is 4.39. The fourth-order valence-corrected chi connectivity index (χ4v) is 3.02. The first kappa shape index (κ1) is 14.9. The molecule has 0 spiro atoms. The van der Waals surface area contributed by atoms with Gasteiger partial charge in [-0.1, -0.05) is 26.8 Å². The minimum absolute atomic E-state index is 0.226. The third kappa shape index (κ3) is 3.54. The Morgan fingerprint density at radius 2 is 1.90 bits per heavy atom. The normalized spacial score (nSPS) is 11.4. The van der Waals surface area contributed by atoms with Gasteiger partial charge < -0.3 is 10.1 Å². The van der Waals surface area contributed by atoms with Crippen LogP contribution in [0.1, 0.15) is 36.1 Å². The van der Waals surface area contributed by atoms with Gasteiger partial charge in [0, 0.05) is 16.3 Å². The number of hydrogen-bond acceptors (Lipinski definition) is 3. The van der Waals surface area contributed by atoms with Crippen LogP contribution in [0.4, 0.5) is 5.69 Å². The Bertz CT molecular complexity index is 581. The van der Waals surface area contributed by atoms with Crippen molar-refractivity contribution in [3.63, 3.8) is 0 Å². The molecule has 108 valence electrons. The molecule has 0 unspecified atom stereocenters. The summed E-state index contributed by atoms with van der Waals surface area (Å²) in [7, 11) is 1.71. The number of ether oxygens (including phenoxy) is 1. The van der Waals surface area contributed by atoms with Gasteiger partial charge in [-0.15, -0.1) is 11.3 Å². The number of thiophene rings is 1. The molecule has 0 fully saturated rings. The van der Waals surface area contributed by atoms with E-state index in [2.05, 4.69) is 57.3 Å². The highest BCUT2D eigenvalue weighted by Gasteiger charge is 2.16. The van der Waals surface area contributed by atoms with E-state index in [0.29, 0.717) is 0 Å². The molecule has 0 bridgehead atoms. The van der Waals surface area contributed by atoms with Gasteiger partial charge in [-0.2, -0.15) is 0 Å². The predicted molar refractivity (Wildman–Crippen MR) is 88.1 cm³/mol. The van der Waals surface area contributed by atoms with E-state index in [1.54, 1.807) is 7.11 Å². The first-order valence-corrected chi connectivity index (χ1v) is 7.69. The van der Waals surface area contributed by atoms with Gasteiger partial charge in [-0.05, 0) is 42.2 Å². The van der Waals surface area contributed by atoms with Gasteiger partial charge in [0.1, 0.15) is 5.75 Å². The monoisotopic (exact) mass is 289 g/mol. The summed E-state index contributed by atoms with van der Waals surface area (Å²) in [5.41, 5.74) is 2.51. The van der Waals surface area contributed by atoms with Gasteiger partial charge >= 0.3 is 0 Å². The molecular formula is C17H23NOS. The Morgan fingerprint density at radius 1 is 1.15 bits per heavy atom. The topological polar surface area (TPSA) is 21.3 Å². The van der Waals surface area contributed by atoms with E-state index in [1.165, 1.54) is 15.3 Å². The van der Waals surface area contributed by atoms with Crippen molar-refractivity contribution in [2.75, 3.05) is 12.4 Å². The lowest BCUT2D eigenvalue weighted by atomic mass is 9.95. The summed E-state index contributed by atoms with van der Waals surface area (Å²) < 4.78 is 5.39. The highest BCUT2D eigenvalue weighted by molar-refractivity contribution is 7.12. The number of aryl methyl sites for hydroxylation is 1. The van der Waals surface area contributed by atoms with Crippen molar-refractivity contribution in [3.8, 4) is 5.75 Å². The lowest BCUT2D eigenvalue weighted by Crippen LogP contribution is -2.07. The zero-order chi connectivity index (χ0) is 14.8. The van der Waals surface area contributed by atoms with Gasteiger partial charge in [-0.3, -0.25) is 0 Å². The van der Waals surface area contributed by atoms with Crippen molar-refractivity contribution in [3.05, 3.63) is 45.6 Å². The molecular weight excluding hydrogens is 266 g/mol. The maximum atomic E-state index is 5.39. The minimum atomic E-state index is 0.226. The quantitative estimate of drug-likeness (QED) is 0.857. The summed E-state index contributed by atoms with van der Waals surface area (Å²) in [6, 6.07) is 10.6. The summed E-state index contributed by atoms with van der Waals surface area (Å²) in [6.45, 7) is 9.67.